The number of ether oxygens (including phenoxy) is 1. The summed E-state index contributed by atoms with van der Waals surface area (Å²) >= 11 is 0. The molecule has 0 aliphatic rings. The minimum absolute atomic E-state index is 0.0896. The largest absolute Gasteiger partial charge is 0.444 e. The van der Waals surface area contributed by atoms with Crippen LogP contribution in [0.5, 0.6) is 0 Å². The Morgan fingerprint density at radius 3 is 2.12 bits per heavy atom. The second-order valence-electron chi connectivity index (χ2n) is 6.81. The number of amides is 2. The van der Waals surface area contributed by atoms with Gasteiger partial charge in [-0.2, -0.15) is 0 Å². The molecule has 0 aromatic heterocycles. The fourth-order valence-electron chi connectivity index (χ4n) is 2.23. The van der Waals surface area contributed by atoms with Crippen molar-refractivity contribution in [1.82, 2.24) is 5.32 Å². The van der Waals surface area contributed by atoms with Crippen molar-refractivity contribution >= 4 is 17.7 Å². The van der Waals surface area contributed by atoms with E-state index in [1.807, 2.05) is 37.3 Å². The summed E-state index contributed by atoms with van der Waals surface area (Å²) < 4.78 is 5.19. The predicted octanol–water partition coefficient (Wildman–Crippen LogP) is 4.52. The first-order valence-corrected chi connectivity index (χ1v) is 8.20. The zero-order chi connectivity index (χ0) is 18.4. The van der Waals surface area contributed by atoms with Crippen LogP contribution in [0.25, 0.3) is 0 Å². The van der Waals surface area contributed by atoms with E-state index in [0.717, 1.165) is 5.56 Å². The highest BCUT2D eigenvalue weighted by Gasteiger charge is 2.16. The summed E-state index contributed by atoms with van der Waals surface area (Å²) in [5.41, 5.74) is 1.58. The molecule has 2 N–H and O–H groups in total. The third-order valence-corrected chi connectivity index (χ3v) is 3.44. The van der Waals surface area contributed by atoms with E-state index in [9.17, 15) is 9.59 Å². The number of hydrogen-bond donors (Lipinski definition) is 2. The first-order chi connectivity index (χ1) is 11.7. The van der Waals surface area contributed by atoms with Crippen molar-refractivity contribution in [2.75, 3.05) is 5.32 Å². The summed E-state index contributed by atoms with van der Waals surface area (Å²) in [5, 5.41) is 5.59. The van der Waals surface area contributed by atoms with Gasteiger partial charge in [0, 0.05) is 11.3 Å². The third kappa shape index (κ3) is 5.95. The van der Waals surface area contributed by atoms with E-state index in [-0.39, 0.29) is 11.9 Å². The molecule has 0 fully saturated rings. The molecule has 0 saturated carbocycles. The number of benzene rings is 2. The van der Waals surface area contributed by atoms with Crippen molar-refractivity contribution < 1.29 is 14.3 Å². The van der Waals surface area contributed by atoms with Crippen molar-refractivity contribution in [2.45, 2.75) is 39.3 Å². The number of nitrogens with one attached hydrogen (secondary N) is 2. The number of carbonyl (C=O) groups is 2. The Morgan fingerprint density at radius 2 is 1.56 bits per heavy atom. The number of carbonyl (C=O) groups excluding carboxylic acids is 2. The molecule has 5 nitrogen and oxygen atoms in total. The van der Waals surface area contributed by atoms with Crippen LogP contribution in [-0.2, 0) is 4.74 Å². The maximum atomic E-state index is 12.3. The zero-order valence-electron chi connectivity index (χ0n) is 15.0. The molecule has 25 heavy (non-hydrogen) atoms. The van der Waals surface area contributed by atoms with Crippen molar-refractivity contribution in [3.8, 4) is 0 Å². The standard InChI is InChI=1S/C20H24N2O3/c1-14(15-8-6-5-7-9-15)21-18(23)16-10-12-17(13-11-16)22-19(24)25-20(2,3)4/h5-14H,1-4H3,(H,21,23)(H,22,24)/t14-/m0/s1. The Labute approximate surface area is 148 Å². The molecule has 0 heterocycles. The van der Waals surface area contributed by atoms with Gasteiger partial charge in [-0.25, -0.2) is 4.79 Å². The van der Waals surface area contributed by atoms with Gasteiger partial charge >= 0.3 is 6.09 Å². The third-order valence-electron chi connectivity index (χ3n) is 3.44. The number of anilines is 1. The number of hydrogen-bond acceptors (Lipinski definition) is 3. The fourth-order valence-corrected chi connectivity index (χ4v) is 2.23. The summed E-state index contributed by atoms with van der Waals surface area (Å²) in [4.78, 5) is 24.1. The molecule has 0 aliphatic heterocycles. The molecule has 2 amide bonds. The molecular formula is C20H24N2O3. The smallest absolute Gasteiger partial charge is 0.412 e. The minimum atomic E-state index is -0.558. The summed E-state index contributed by atoms with van der Waals surface area (Å²) in [6, 6.07) is 16.3. The van der Waals surface area contributed by atoms with Gasteiger partial charge in [-0.1, -0.05) is 30.3 Å². The van der Waals surface area contributed by atoms with E-state index in [1.165, 1.54) is 0 Å². The average molecular weight is 340 g/mol. The van der Waals surface area contributed by atoms with Gasteiger partial charge in [0.05, 0.1) is 6.04 Å². The first-order valence-electron chi connectivity index (χ1n) is 8.20. The lowest BCUT2D eigenvalue weighted by atomic mass is 10.1. The second kappa shape index (κ2) is 7.83. The van der Waals surface area contributed by atoms with Gasteiger partial charge < -0.3 is 10.1 Å². The lowest BCUT2D eigenvalue weighted by molar-refractivity contribution is 0.0635. The van der Waals surface area contributed by atoms with Crippen molar-refractivity contribution in [3.63, 3.8) is 0 Å². The van der Waals surface area contributed by atoms with Gasteiger partial charge in [0.1, 0.15) is 5.60 Å². The molecular weight excluding hydrogens is 316 g/mol. The summed E-state index contributed by atoms with van der Waals surface area (Å²) in [5.74, 6) is -0.167. The van der Waals surface area contributed by atoms with Crippen LogP contribution >= 0.6 is 0 Å². The van der Waals surface area contributed by atoms with Crippen LogP contribution in [0, 0.1) is 0 Å². The van der Waals surface area contributed by atoms with Gasteiger partial charge in [0.25, 0.3) is 5.91 Å². The van der Waals surface area contributed by atoms with Crippen LogP contribution < -0.4 is 10.6 Å². The van der Waals surface area contributed by atoms with Crippen molar-refractivity contribution in [2.24, 2.45) is 0 Å². The van der Waals surface area contributed by atoms with Crippen LogP contribution in [0.2, 0.25) is 0 Å². The Balaban J connectivity index is 1.95. The Hall–Kier alpha value is -2.82. The minimum Gasteiger partial charge on any atom is -0.444 e. The van der Waals surface area contributed by atoms with E-state index in [0.29, 0.717) is 11.3 Å². The molecule has 0 saturated heterocycles. The molecule has 0 spiro atoms. The van der Waals surface area contributed by atoms with Gasteiger partial charge in [-0.3, -0.25) is 10.1 Å². The molecule has 2 aromatic rings. The Morgan fingerprint density at radius 1 is 0.960 bits per heavy atom. The summed E-state index contributed by atoms with van der Waals surface area (Å²) in [6.07, 6.45) is -0.526. The topological polar surface area (TPSA) is 67.4 Å². The summed E-state index contributed by atoms with van der Waals surface area (Å²) in [6.45, 7) is 7.33. The van der Waals surface area contributed by atoms with E-state index in [4.69, 9.17) is 4.74 Å². The molecule has 2 aromatic carbocycles. The highest BCUT2D eigenvalue weighted by Crippen LogP contribution is 2.15. The van der Waals surface area contributed by atoms with E-state index in [1.54, 1.807) is 45.0 Å². The Bertz CT molecular complexity index is 719. The average Bonchev–Trinajstić information content (AvgIpc) is 2.54. The predicted molar refractivity (Wildman–Crippen MR) is 98.6 cm³/mol. The van der Waals surface area contributed by atoms with Crippen LogP contribution in [0.3, 0.4) is 0 Å². The molecule has 0 bridgehead atoms. The maximum absolute atomic E-state index is 12.3. The lowest BCUT2D eigenvalue weighted by Crippen LogP contribution is -2.27. The second-order valence-corrected chi connectivity index (χ2v) is 6.81. The molecule has 132 valence electrons. The lowest BCUT2D eigenvalue weighted by Gasteiger charge is -2.19. The molecule has 5 heteroatoms. The van der Waals surface area contributed by atoms with Crippen molar-refractivity contribution in [3.05, 3.63) is 65.7 Å². The highest BCUT2D eigenvalue weighted by atomic mass is 16.6. The zero-order valence-corrected chi connectivity index (χ0v) is 15.0. The van der Waals surface area contributed by atoms with Crippen LogP contribution in [-0.4, -0.2) is 17.6 Å². The molecule has 0 radical (unpaired) electrons. The van der Waals surface area contributed by atoms with Crippen molar-refractivity contribution in [1.29, 1.82) is 0 Å². The van der Waals surface area contributed by atoms with Crippen LogP contribution in [0.1, 0.15) is 49.7 Å². The van der Waals surface area contributed by atoms with E-state index >= 15 is 0 Å². The maximum Gasteiger partial charge on any atom is 0.412 e. The first kappa shape index (κ1) is 18.5. The normalized spacial score (nSPS) is 12.2. The quantitative estimate of drug-likeness (QED) is 0.859. The van der Waals surface area contributed by atoms with Crippen LogP contribution in [0.4, 0.5) is 10.5 Å². The molecule has 2 rings (SSSR count). The van der Waals surface area contributed by atoms with Gasteiger partial charge in [0.15, 0.2) is 0 Å². The number of rotatable bonds is 4. The van der Waals surface area contributed by atoms with E-state index < -0.39 is 11.7 Å². The van der Waals surface area contributed by atoms with Gasteiger partial charge in [-0.15, -0.1) is 0 Å². The molecule has 1 atom stereocenters. The van der Waals surface area contributed by atoms with Crippen LogP contribution in [0.15, 0.2) is 54.6 Å². The monoisotopic (exact) mass is 340 g/mol. The Kier molecular flexibility index (Phi) is 5.80. The fraction of sp³-hybridized carbons (Fsp3) is 0.300. The summed E-state index contributed by atoms with van der Waals surface area (Å²) in [7, 11) is 0. The molecule has 0 aliphatic carbocycles. The van der Waals surface area contributed by atoms with Gasteiger partial charge in [-0.05, 0) is 57.5 Å². The molecule has 0 unspecified atom stereocenters. The highest BCUT2D eigenvalue weighted by molar-refractivity contribution is 5.95. The van der Waals surface area contributed by atoms with Gasteiger partial charge in [0.2, 0.25) is 0 Å². The van der Waals surface area contributed by atoms with E-state index in [2.05, 4.69) is 10.6 Å². The SMILES string of the molecule is C[C@H](NC(=O)c1ccc(NC(=O)OC(C)(C)C)cc1)c1ccccc1.